The molecular formula is C38H53N2O4Si+. The molecule has 0 fully saturated rings. The third-order valence-electron chi connectivity index (χ3n) is 7.68. The van der Waals surface area contributed by atoms with Crippen LogP contribution >= 0.6 is 0 Å². The van der Waals surface area contributed by atoms with Crippen molar-refractivity contribution in [3.63, 3.8) is 0 Å². The minimum absolute atomic E-state index is 0.0202. The molecular weight excluding hydrogens is 577 g/mol. The van der Waals surface area contributed by atoms with Crippen molar-refractivity contribution < 1.29 is 19.1 Å². The summed E-state index contributed by atoms with van der Waals surface area (Å²) in [5, 5.41) is 23.2. The number of esters is 1. The van der Waals surface area contributed by atoms with Gasteiger partial charge in [-0.2, -0.15) is 0 Å². The number of allylic oxidation sites excluding steroid dienone is 5. The van der Waals surface area contributed by atoms with Crippen LogP contribution in [0.5, 0.6) is 0 Å². The predicted molar refractivity (Wildman–Crippen MR) is 189 cm³/mol. The fourth-order valence-electron chi connectivity index (χ4n) is 5.38. The first-order valence-corrected chi connectivity index (χ1v) is 18.3. The van der Waals surface area contributed by atoms with Crippen molar-refractivity contribution in [2.24, 2.45) is 0 Å². The molecule has 0 aliphatic heterocycles. The van der Waals surface area contributed by atoms with Crippen LogP contribution in [0.25, 0.3) is 4.98 Å². The van der Waals surface area contributed by atoms with E-state index in [0.717, 1.165) is 23.2 Å². The molecule has 0 amide bonds. The molecule has 7 heteroatoms. The molecule has 45 heavy (non-hydrogen) atoms. The molecule has 0 bridgehead atoms. The van der Waals surface area contributed by atoms with Gasteiger partial charge in [0.05, 0.1) is 19.1 Å². The van der Waals surface area contributed by atoms with Crippen molar-refractivity contribution in [2.75, 3.05) is 6.61 Å². The third-order valence-corrected chi connectivity index (χ3v) is 12.7. The van der Waals surface area contributed by atoms with E-state index in [9.17, 15) is 15.3 Å². The Balaban J connectivity index is 2.42. The number of hydrogen-bond acceptors (Lipinski definition) is 5. The average Bonchev–Trinajstić information content (AvgIpc) is 3.03. The molecule has 2 rings (SSSR count). The standard InChI is InChI=1S/C38H52N2O4Si/c1-6-8-9-10-11-12-17-24-32(31-36(41)35(40-39)29-22-13-14-23-30-37(42)43-7-2)44-45(38(3,4)5,33-25-18-15-19-26-33)34-27-20-16-21-28-34/h11-13,15-22,24-28,32H,6-10,14,23,29-31H2,1-5H3/p+1/b12-11+,22-13-,24-17+,36-35+. The molecule has 0 aromatic heterocycles. The van der Waals surface area contributed by atoms with E-state index in [2.05, 4.69) is 93.4 Å². The second kappa shape index (κ2) is 20.3. The highest BCUT2D eigenvalue weighted by Gasteiger charge is 2.51. The van der Waals surface area contributed by atoms with Gasteiger partial charge < -0.3 is 14.3 Å². The predicted octanol–water partition coefficient (Wildman–Crippen LogP) is 9.32. The van der Waals surface area contributed by atoms with E-state index >= 15 is 0 Å². The minimum atomic E-state index is -2.92. The Hall–Kier alpha value is -3.73. The first-order valence-electron chi connectivity index (χ1n) is 16.4. The van der Waals surface area contributed by atoms with Crippen LogP contribution in [0.2, 0.25) is 5.04 Å². The van der Waals surface area contributed by atoms with Crippen LogP contribution in [0, 0.1) is 5.39 Å². The zero-order valence-electron chi connectivity index (χ0n) is 28.0. The molecule has 2 aromatic carbocycles. The molecule has 0 saturated heterocycles. The van der Waals surface area contributed by atoms with Gasteiger partial charge in [0.2, 0.25) is 5.39 Å². The SMILES string of the molecule is CCCCC/C=C/C=C/C(C/C(O)=C(/C/C=C\CCCC(=O)OCC)[N+]#N)O[Si](c1ccccc1)(c1ccccc1)C(C)(C)C. The number of aliphatic hydroxyl groups is 1. The largest absolute Gasteiger partial charge is 0.505 e. The molecule has 0 aliphatic rings. The fraction of sp³-hybridized carbons (Fsp3) is 0.447. The number of unbranched alkanes of at least 4 members (excludes halogenated alkanes) is 4. The summed E-state index contributed by atoms with van der Waals surface area (Å²) in [5.41, 5.74) is 0.191. The maximum absolute atomic E-state index is 11.6. The summed E-state index contributed by atoms with van der Waals surface area (Å²) in [5.74, 6) is -0.224. The molecule has 2 aromatic rings. The summed E-state index contributed by atoms with van der Waals surface area (Å²) in [7, 11) is -2.92. The van der Waals surface area contributed by atoms with Crippen molar-refractivity contribution in [1.29, 1.82) is 5.39 Å². The van der Waals surface area contributed by atoms with Crippen LogP contribution in [-0.2, 0) is 14.0 Å². The molecule has 0 heterocycles. The molecule has 1 atom stereocenters. The Morgan fingerprint density at radius 2 is 1.53 bits per heavy atom. The normalized spacial score (nSPS) is 13.7. The monoisotopic (exact) mass is 629 g/mol. The van der Waals surface area contributed by atoms with Crippen LogP contribution in [0.4, 0.5) is 0 Å². The summed E-state index contributed by atoms with van der Waals surface area (Å²) in [6, 6.07) is 20.8. The number of aliphatic hydroxyl groups excluding tert-OH is 1. The highest BCUT2D eigenvalue weighted by Crippen LogP contribution is 2.38. The zero-order chi connectivity index (χ0) is 33.0. The molecule has 0 aliphatic carbocycles. The number of nitrogens with zero attached hydrogens (tertiary/aromatic N) is 2. The highest BCUT2D eigenvalue weighted by atomic mass is 28.4. The van der Waals surface area contributed by atoms with E-state index in [-0.39, 0.29) is 35.3 Å². The second-order valence-corrected chi connectivity index (χ2v) is 16.5. The van der Waals surface area contributed by atoms with Gasteiger partial charge >= 0.3 is 11.7 Å². The van der Waals surface area contributed by atoms with Crippen molar-refractivity contribution in [3.05, 3.63) is 114 Å². The quantitative estimate of drug-likeness (QED) is 0.0318. The Bertz CT molecular complexity index is 1270. The minimum Gasteiger partial charge on any atom is -0.505 e. The lowest BCUT2D eigenvalue weighted by Gasteiger charge is -2.44. The Morgan fingerprint density at radius 3 is 2.09 bits per heavy atom. The number of diazo groups is 1. The lowest BCUT2D eigenvalue weighted by atomic mass is 10.1. The number of benzene rings is 2. The van der Waals surface area contributed by atoms with Gasteiger partial charge in [0.15, 0.2) is 10.7 Å². The summed E-state index contributed by atoms with van der Waals surface area (Å²) in [6.07, 6.45) is 18.2. The zero-order valence-corrected chi connectivity index (χ0v) is 29.0. The van der Waals surface area contributed by atoms with Crippen molar-refractivity contribution in [2.45, 2.75) is 104 Å². The van der Waals surface area contributed by atoms with Crippen molar-refractivity contribution in [1.82, 2.24) is 0 Å². The Kier molecular flexibility index (Phi) is 16.9. The molecule has 0 radical (unpaired) electrons. The Labute approximate surface area is 272 Å². The van der Waals surface area contributed by atoms with Crippen molar-refractivity contribution >= 4 is 24.7 Å². The molecule has 0 saturated carbocycles. The molecule has 242 valence electrons. The fourth-order valence-corrected chi connectivity index (χ4v) is 10.0. The van der Waals surface area contributed by atoms with Gasteiger partial charge in [-0.25, -0.2) is 0 Å². The third kappa shape index (κ3) is 12.3. The van der Waals surface area contributed by atoms with E-state index in [1.165, 1.54) is 12.8 Å². The molecule has 0 spiro atoms. The highest BCUT2D eigenvalue weighted by molar-refractivity contribution is 6.99. The molecule has 1 N–H and O–H groups in total. The number of hydrogen-bond donors (Lipinski definition) is 1. The van der Waals surface area contributed by atoms with Crippen molar-refractivity contribution in [3.8, 4) is 0 Å². The van der Waals surface area contributed by atoms with Crippen LogP contribution in [0.15, 0.2) is 109 Å². The van der Waals surface area contributed by atoms with E-state index in [0.29, 0.717) is 25.9 Å². The van der Waals surface area contributed by atoms with Gasteiger partial charge in [-0.05, 0) is 48.0 Å². The summed E-state index contributed by atoms with van der Waals surface area (Å²) < 4.78 is 12.3. The van der Waals surface area contributed by atoms with Gasteiger partial charge in [0, 0.05) is 12.8 Å². The first-order chi connectivity index (χ1) is 21.7. The average molecular weight is 630 g/mol. The topological polar surface area (TPSA) is 83.9 Å². The van der Waals surface area contributed by atoms with Gasteiger partial charge in [-0.1, -0.05) is 138 Å². The number of ether oxygens (including phenoxy) is 1. The van der Waals surface area contributed by atoms with E-state index in [1.54, 1.807) is 6.92 Å². The van der Waals surface area contributed by atoms with Crippen LogP contribution in [0.1, 0.15) is 92.4 Å². The van der Waals surface area contributed by atoms with Gasteiger partial charge in [-0.3, -0.25) is 4.79 Å². The number of carbonyl (C=O) groups is 1. The summed E-state index contributed by atoms with van der Waals surface area (Å²) in [4.78, 5) is 15.0. The first kappa shape index (κ1) is 37.5. The van der Waals surface area contributed by atoms with Gasteiger partial charge in [-0.15, -0.1) is 0 Å². The molecule has 6 nitrogen and oxygen atoms in total. The second-order valence-electron chi connectivity index (χ2n) is 12.2. The maximum atomic E-state index is 11.6. The van der Waals surface area contributed by atoms with Crippen LogP contribution < -0.4 is 10.4 Å². The van der Waals surface area contributed by atoms with Crippen LogP contribution in [-0.4, -0.2) is 32.1 Å². The smallest absolute Gasteiger partial charge is 0.402 e. The Morgan fingerprint density at radius 1 is 0.911 bits per heavy atom. The van der Waals surface area contributed by atoms with E-state index in [4.69, 9.17) is 9.16 Å². The van der Waals surface area contributed by atoms with Crippen LogP contribution in [0.3, 0.4) is 0 Å². The number of rotatable bonds is 19. The van der Waals surface area contributed by atoms with E-state index in [1.807, 2.05) is 36.4 Å². The summed E-state index contributed by atoms with van der Waals surface area (Å²) in [6.45, 7) is 11.1. The lowest BCUT2D eigenvalue weighted by Crippen LogP contribution is -2.67. The number of carbonyl (C=O) groups excluding carboxylic acids is 1. The van der Waals surface area contributed by atoms with E-state index < -0.39 is 14.4 Å². The molecule has 1 unspecified atom stereocenters. The van der Waals surface area contributed by atoms with Gasteiger partial charge in [0.1, 0.15) is 0 Å². The summed E-state index contributed by atoms with van der Waals surface area (Å²) >= 11 is 0. The maximum Gasteiger partial charge on any atom is 0.402 e. The van der Waals surface area contributed by atoms with Gasteiger partial charge in [0.25, 0.3) is 8.32 Å². The lowest BCUT2D eigenvalue weighted by molar-refractivity contribution is -0.143.